The van der Waals surface area contributed by atoms with E-state index < -0.39 is 0 Å². The third-order valence-corrected chi connectivity index (χ3v) is 3.24. The number of rotatable bonds is 4. The second-order valence-corrected chi connectivity index (χ2v) is 4.99. The van der Waals surface area contributed by atoms with Crippen molar-refractivity contribution in [3.63, 3.8) is 0 Å². The lowest BCUT2D eigenvalue weighted by Gasteiger charge is -2.09. The van der Waals surface area contributed by atoms with Gasteiger partial charge in [-0.2, -0.15) is 5.10 Å². The predicted molar refractivity (Wildman–Crippen MR) is 72.7 cm³/mol. The second-order valence-electron chi connectivity index (χ2n) is 4.07. The van der Waals surface area contributed by atoms with Crippen LogP contribution in [0.3, 0.4) is 0 Å². The predicted octanol–water partition coefficient (Wildman–Crippen LogP) is 2.91. The Morgan fingerprint density at radius 3 is 2.94 bits per heavy atom. The SMILES string of the molecule is CCn1cc(C(N)Cc2cccc(Br)c2)cn1. The number of nitrogens with two attached hydrogens (primary N) is 1. The molecule has 17 heavy (non-hydrogen) atoms. The van der Waals surface area contributed by atoms with Crippen molar-refractivity contribution in [2.75, 3.05) is 0 Å². The summed E-state index contributed by atoms with van der Waals surface area (Å²) >= 11 is 3.47. The van der Waals surface area contributed by atoms with Crippen LogP contribution in [0.15, 0.2) is 41.1 Å². The molecule has 2 aromatic rings. The molecular formula is C13H16BrN3. The highest BCUT2D eigenvalue weighted by Gasteiger charge is 2.09. The number of hydrogen-bond acceptors (Lipinski definition) is 2. The highest BCUT2D eigenvalue weighted by Crippen LogP contribution is 2.18. The minimum Gasteiger partial charge on any atom is -0.324 e. The maximum absolute atomic E-state index is 6.18. The zero-order valence-corrected chi connectivity index (χ0v) is 11.4. The van der Waals surface area contributed by atoms with Gasteiger partial charge in [0.25, 0.3) is 0 Å². The van der Waals surface area contributed by atoms with E-state index in [2.05, 4.69) is 40.1 Å². The van der Waals surface area contributed by atoms with E-state index in [0.717, 1.165) is 23.0 Å². The molecule has 0 aliphatic heterocycles. The number of aromatic nitrogens is 2. The number of hydrogen-bond donors (Lipinski definition) is 1. The van der Waals surface area contributed by atoms with Crippen LogP contribution in [0.5, 0.6) is 0 Å². The Bertz CT molecular complexity index is 493. The summed E-state index contributed by atoms with van der Waals surface area (Å²) in [4.78, 5) is 0. The molecule has 1 atom stereocenters. The van der Waals surface area contributed by atoms with Crippen LogP contribution in [0.1, 0.15) is 24.1 Å². The average molecular weight is 294 g/mol. The van der Waals surface area contributed by atoms with Gasteiger partial charge >= 0.3 is 0 Å². The first-order valence-electron chi connectivity index (χ1n) is 5.71. The molecule has 3 nitrogen and oxygen atoms in total. The van der Waals surface area contributed by atoms with Gasteiger partial charge in [0.05, 0.1) is 6.20 Å². The Morgan fingerprint density at radius 2 is 2.29 bits per heavy atom. The molecular weight excluding hydrogens is 278 g/mol. The Hall–Kier alpha value is -1.13. The molecule has 2 rings (SSSR count). The number of nitrogens with zero attached hydrogens (tertiary/aromatic N) is 2. The number of halogens is 1. The van der Waals surface area contributed by atoms with E-state index in [-0.39, 0.29) is 6.04 Å². The van der Waals surface area contributed by atoms with Crippen LogP contribution >= 0.6 is 15.9 Å². The molecule has 90 valence electrons. The summed E-state index contributed by atoms with van der Waals surface area (Å²) in [5.74, 6) is 0. The summed E-state index contributed by atoms with van der Waals surface area (Å²) < 4.78 is 2.99. The molecule has 0 amide bonds. The Kier molecular flexibility index (Phi) is 3.97. The summed E-state index contributed by atoms with van der Waals surface area (Å²) in [6.45, 7) is 2.94. The van der Waals surface area contributed by atoms with Crippen LogP contribution < -0.4 is 5.73 Å². The Labute approximate surface area is 110 Å². The van der Waals surface area contributed by atoms with Crippen molar-refractivity contribution in [2.24, 2.45) is 5.73 Å². The largest absolute Gasteiger partial charge is 0.324 e. The van der Waals surface area contributed by atoms with E-state index in [4.69, 9.17) is 5.73 Å². The molecule has 0 saturated carbocycles. The lowest BCUT2D eigenvalue weighted by molar-refractivity contribution is 0.655. The number of benzene rings is 1. The molecule has 0 radical (unpaired) electrons. The van der Waals surface area contributed by atoms with Crippen molar-refractivity contribution < 1.29 is 0 Å². The van der Waals surface area contributed by atoms with Crippen molar-refractivity contribution in [1.29, 1.82) is 0 Å². The molecule has 2 N–H and O–H groups in total. The molecule has 0 fully saturated rings. The average Bonchev–Trinajstić information content (AvgIpc) is 2.77. The second kappa shape index (κ2) is 5.47. The summed E-state index contributed by atoms with van der Waals surface area (Å²) in [5.41, 5.74) is 8.50. The van der Waals surface area contributed by atoms with Gasteiger partial charge in [-0.25, -0.2) is 0 Å². The minimum atomic E-state index is 0.00426. The van der Waals surface area contributed by atoms with Crippen molar-refractivity contribution >= 4 is 15.9 Å². The van der Waals surface area contributed by atoms with Crippen LogP contribution in [0.2, 0.25) is 0 Å². The zero-order valence-electron chi connectivity index (χ0n) is 9.81. The van der Waals surface area contributed by atoms with Gasteiger partial charge in [0.15, 0.2) is 0 Å². The van der Waals surface area contributed by atoms with Gasteiger partial charge < -0.3 is 5.73 Å². The van der Waals surface area contributed by atoms with Gasteiger partial charge in [0.1, 0.15) is 0 Å². The van der Waals surface area contributed by atoms with E-state index in [1.807, 2.05) is 29.2 Å². The molecule has 1 heterocycles. The summed E-state index contributed by atoms with van der Waals surface area (Å²) in [6, 6.07) is 8.25. The molecule has 0 bridgehead atoms. The van der Waals surface area contributed by atoms with Crippen LogP contribution in [-0.4, -0.2) is 9.78 Å². The first-order valence-corrected chi connectivity index (χ1v) is 6.50. The molecule has 1 aromatic heterocycles. The van der Waals surface area contributed by atoms with E-state index in [1.165, 1.54) is 5.56 Å². The molecule has 1 unspecified atom stereocenters. The highest BCUT2D eigenvalue weighted by molar-refractivity contribution is 9.10. The third-order valence-electron chi connectivity index (χ3n) is 2.75. The van der Waals surface area contributed by atoms with Gasteiger partial charge in [-0.15, -0.1) is 0 Å². The smallest absolute Gasteiger partial charge is 0.0537 e. The molecule has 0 aliphatic rings. The fourth-order valence-corrected chi connectivity index (χ4v) is 2.23. The first-order chi connectivity index (χ1) is 8.19. The van der Waals surface area contributed by atoms with Crippen LogP contribution in [0, 0.1) is 0 Å². The van der Waals surface area contributed by atoms with Crippen molar-refractivity contribution in [3.8, 4) is 0 Å². The van der Waals surface area contributed by atoms with Crippen LogP contribution in [0.4, 0.5) is 0 Å². The Morgan fingerprint density at radius 1 is 1.47 bits per heavy atom. The maximum atomic E-state index is 6.18. The van der Waals surface area contributed by atoms with Crippen LogP contribution in [0.25, 0.3) is 0 Å². The van der Waals surface area contributed by atoms with Crippen molar-refractivity contribution in [2.45, 2.75) is 25.9 Å². The molecule has 4 heteroatoms. The lowest BCUT2D eigenvalue weighted by Crippen LogP contribution is -2.12. The molecule has 0 spiro atoms. The van der Waals surface area contributed by atoms with Gasteiger partial charge in [0.2, 0.25) is 0 Å². The molecule has 0 aliphatic carbocycles. The zero-order chi connectivity index (χ0) is 12.3. The van der Waals surface area contributed by atoms with E-state index in [9.17, 15) is 0 Å². The summed E-state index contributed by atoms with van der Waals surface area (Å²) in [5, 5.41) is 4.24. The van der Waals surface area contributed by atoms with Gasteiger partial charge in [0, 0.05) is 28.8 Å². The topological polar surface area (TPSA) is 43.8 Å². The van der Waals surface area contributed by atoms with Gasteiger partial charge in [-0.3, -0.25) is 4.68 Å². The Balaban J connectivity index is 2.08. The third kappa shape index (κ3) is 3.17. The summed E-state index contributed by atoms with van der Waals surface area (Å²) in [6.07, 6.45) is 4.70. The highest BCUT2D eigenvalue weighted by atomic mass is 79.9. The molecule has 0 saturated heterocycles. The van der Waals surface area contributed by atoms with E-state index >= 15 is 0 Å². The lowest BCUT2D eigenvalue weighted by atomic mass is 10.0. The van der Waals surface area contributed by atoms with Crippen molar-refractivity contribution in [1.82, 2.24) is 9.78 Å². The fourth-order valence-electron chi connectivity index (χ4n) is 1.78. The standard InChI is InChI=1S/C13H16BrN3/c1-2-17-9-11(8-16-17)13(15)7-10-4-3-5-12(14)6-10/h3-6,8-9,13H,2,7,15H2,1H3. The number of aryl methyl sites for hydroxylation is 1. The summed E-state index contributed by atoms with van der Waals surface area (Å²) in [7, 11) is 0. The van der Waals surface area contributed by atoms with Gasteiger partial charge in [-0.05, 0) is 31.0 Å². The van der Waals surface area contributed by atoms with Gasteiger partial charge in [-0.1, -0.05) is 28.1 Å². The van der Waals surface area contributed by atoms with E-state index in [0.29, 0.717) is 0 Å². The van der Waals surface area contributed by atoms with Crippen molar-refractivity contribution in [3.05, 3.63) is 52.3 Å². The normalized spacial score (nSPS) is 12.6. The van der Waals surface area contributed by atoms with Crippen LogP contribution in [-0.2, 0) is 13.0 Å². The molecule has 1 aromatic carbocycles. The maximum Gasteiger partial charge on any atom is 0.0537 e. The quantitative estimate of drug-likeness (QED) is 0.942. The fraction of sp³-hybridized carbons (Fsp3) is 0.308. The minimum absolute atomic E-state index is 0.00426. The monoisotopic (exact) mass is 293 g/mol. The van der Waals surface area contributed by atoms with E-state index in [1.54, 1.807) is 0 Å². The first kappa shape index (κ1) is 12.3.